The fourth-order valence-electron chi connectivity index (χ4n) is 2.25. The molecule has 0 spiro atoms. The fraction of sp³-hybridized carbons (Fsp3) is 0.111. The van der Waals surface area contributed by atoms with E-state index in [0.717, 1.165) is 6.07 Å². The molecule has 0 aliphatic heterocycles. The second kappa shape index (κ2) is 7.81. The van der Waals surface area contributed by atoms with Gasteiger partial charge < -0.3 is 10.6 Å². The number of para-hydroxylation sites is 1. The molecule has 2 aromatic heterocycles. The average Bonchev–Trinajstić information content (AvgIpc) is 2.67. The highest BCUT2D eigenvalue weighted by Gasteiger charge is 2.33. The number of pyridine rings is 1. The molecule has 2 heterocycles. The molecule has 0 radical (unpaired) electrons. The molecule has 0 saturated carbocycles. The molecular weight excluding hydrogens is 359 g/mol. The molecule has 1 aromatic carbocycles. The zero-order valence-electron chi connectivity index (χ0n) is 13.9. The minimum absolute atomic E-state index is 0.0422. The van der Waals surface area contributed by atoms with Crippen molar-refractivity contribution < 1.29 is 18.0 Å². The first-order chi connectivity index (χ1) is 12.9. The van der Waals surface area contributed by atoms with Crippen LogP contribution in [-0.2, 0) is 12.7 Å². The van der Waals surface area contributed by atoms with Gasteiger partial charge in [0.1, 0.15) is 11.5 Å². The third-order valence-electron chi connectivity index (χ3n) is 3.54. The number of hydrogen-bond acceptors (Lipinski definition) is 5. The van der Waals surface area contributed by atoms with Crippen LogP contribution in [0.1, 0.15) is 21.7 Å². The monoisotopic (exact) mass is 373 g/mol. The van der Waals surface area contributed by atoms with E-state index in [1.54, 1.807) is 24.4 Å². The van der Waals surface area contributed by atoms with Crippen molar-refractivity contribution in [2.24, 2.45) is 0 Å². The molecule has 27 heavy (non-hydrogen) atoms. The van der Waals surface area contributed by atoms with Crippen molar-refractivity contribution >= 4 is 17.4 Å². The number of anilines is 2. The van der Waals surface area contributed by atoms with Gasteiger partial charge in [-0.15, -0.1) is 0 Å². The van der Waals surface area contributed by atoms with Crippen LogP contribution in [-0.4, -0.2) is 20.9 Å². The maximum absolute atomic E-state index is 13.0. The van der Waals surface area contributed by atoms with Gasteiger partial charge in [0.2, 0.25) is 0 Å². The van der Waals surface area contributed by atoms with E-state index in [9.17, 15) is 18.0 Å². The average molecular weight is 373 g/mol. The summed E-state index contributed by atoms with van der Waals surface area (Å²) in [5.74, 6) is -0.372. The molecule has 1 amide bonds. The molecule has 9 heteroatoms. The first-order valence-electron chi connectivity index (χ1n) is 7.87. The van der Waals surface area contributed by atoms with Crippen molar-refractivity contribution in [3.8, 4) is 0 Å². The van der Waals surface area contributed by atoms with Gasteiger partial charge >= 0.3 is 6.18 Å². The SMILES string of the molecule is O=C(NCc1ccccn1)c1cnc(Nc2ccccc2C(F)(F)F)cn1. The van der Waals surface area contributed by atoms with E-state index >= 15 is 0 Å². The summed E-state index contributed by atoms with van der Waals surface area (Å²) in [4.78, 5) is 24.0. The summed E-state index contributed by atoms with van der Waals surface area (Å²) in [6.07, 6.45) is -0.502. The van der Waals surface area contributed by atoms with Gasteiger partial charge in [0.15, 0.2) is 0 Å². The Hall–Kier alpha value is -3.49. The number of rotatable bonds is 5. The van der Waals surface area contributed by atoms with Crippen LogP contribution >= 0.6 is 0 Å². The van der Waals surface area contributed by atoms with Crippen LogP contribution in [0.4, 0.5) is 24.7 Å². The van der Waals surface area contributed by atoms with Gasteiger partial charge in [-0.1, -0.05) is 18.2 Å². The number of alkyl halides is 3. The number of amides is 1. The zero-order chi connectivity index (χ0) is 19.3. The Balaban J connectivity index is 1.66. The highest BCUT2D eigenvalue weighted by atomic mass is 19.4. The van der Waals surface area contributed by atoms with E-state index in [0.29, 0.717) is 5.69 Å². The summed E-state index contributed by atoms with van der Waals surface area (Å²) in [6.45, 7) is 0.223. The van der Waals surface area contributed by atoms with Gasteiger partial charge in [0, 0.05) is 6.20 Å². The van der Waals surface area contributed by atoms with Crippen molar-refractivity contribution in [3.05, 3.63) is 78.0 Å². The molecule has 138 valence electrons. The van der Waals surface area contributed by atoms with E-state index in [1.165, 1.54) is 30.6 Å². The van der Waals surface area contributed by atoms with Crippen molar-refractivity contribution in [2.45, 2.75) is 12.7 Å². The minimum Gasteiger partial charge on any atom is -0.345 e. The van der Waals surface area contributed by atoms with Gasteiger partial charge in [-0.2, -0.15) is 13.2 Å². The molecule has 0 saturated heterocycles. The summed E-state index contributed by atoms with van der Waals surface area (Å²) < 4.78 is 39.0. The quantitative estimate of drug-likeness (QED) is 0.715. The second-order valence-electron chi connectivity index (χ2n) is 5.46. The number of benzene rings is 1. The summed E-state index contributed by atoms with van der Waals surface area (Å²) in [5.41, 5.74) is -0.239. The highest BCUT2D eigenvalue weighted by Crippen LogP contribution is 2.35. The molecule has 3 rings (SSSR count). The Morgan fingerprint density at radius 1 is 0.963 bits per heavy atom. The predicted octanol–water partition coefficient (Wildman–Crippen LogP) is 3.56. The topological polar surface area (TPSA) is 79.8 Å². The molecule has 0 atom stereocenters. The Morgan fingerprint density at radius 3 is 2.41 bits per heavy atom. The number of carbonyl (C=O) groups is 1. The third kappa shape index (κ3) is 4.78. The van der Waals surface area contributed by atoms with Crippen molar-refractivity contribution in [1.29, 1.82) is 0 Å². The Bertz CT molecular complexity index is 914. The summed E-state index contributed by atoms with van der Waals surface area (Å²) in [7, 11) is 0. The summed E-state index contributed by atoms with van der Waals surface area (Å²) in [6, 6.07) is 10.4. The number of nitrogens with one attached hydrogen (secondary N) is 2. The normalized spacial score (nSPS) is 11.1. The number of carbonyl (C=O) groups excluding carboxylic acids is 1. The van der Waals surface area contributed by atoms with Crippen LogP contribution in [0.2, 0.25) is 0 Å². The van der Waals surface area contributed by atoms with Gasteiger partial charge in [-0.05, 0) is 24.3 Å². The standard InChI is InChI=1S/C18H14F3N5O/c19-18(20,21)13-6-1-2-7-14(13)26-16-11-23-15(10-24-16)17(27)25-9-12-5-3-4-8-22-12/h1-8,10-11H,9H2,(H,24,26)(H,25,27). The number of aromatic nitrogens is 3. The molecule has 0 aliphatic carbocycles. The van der Waals surface area contributed by atoms with Gasteiger partial charge in [-0.3, -0.25) is 9.78 Å². The lowest BCUT2D eigenvalue weighted by molar-refractivity contribution is -0.136. The molecule has 0 unspecified atom stereocenters. The lowest BCUT2D eigenvalue weighted by Gasteiger charge is -2.13. The second-order valence-corrected chi connectivity index (χ2v) is 5.46. The highest BCUT2D eigenvalue weighted by molar-refractivity contribution is 5.92. The lowest BCUT2D eigenvalue weighted by Crippen LogP contribution is -2.24. The number of halogens is 3. The van der Waals surface area contributed by atoms with Crippen molar-refractivity contribution in [1.82, 2.24) is 20.3 Å². The molecule has 3 aromatic rings. The lowest BCUT2D eigenvalue weighted by atomic mass is 10.1. The van der Waals surface area contributed by atoms with Gasteiger partial charge in [0.25, 0.3) is 5.91 Å². The van der Waals surface area contributed by atoms with E-state index < -0.39 is 17.6 Å². The van der Waals surface area contributed by atoms with Gasteiger partial charge in [0.05, 0.1) is 35.9 Å². The first kappa shape index (κ1) is 18.3. The molecular formula is C18H14F3N5O. The Labute approximate surface area is 152 Å². The molecule has 2 N–H and O–H groups in total. The number of hydrogen-bond donors (Lipinski definition) is 2. The van der Waals surface area contributed by atoms with Crippen LogP contribution in [0.15, 0.2) is 61.1 Å². The maximum atomic E-state index is 13.0. The molecule has 6 nitrogen and oxygen atoms in total. The van der Waals surface area contributed by atoms with E-state index in [2.05, 4.69) is 25.6 Å². The number of nitrogens with zero attached hydrogens (tertiary/aromatic N) is 3. The molecule has 0 fully saturated rings. The van der Waals surface area contributed by atoms with Crippen LogP contribution in [0.25, 0.3) is 0 Å². The van der Waals surface area contributed by atoms with Crippen molar-refractivity contribution in [3.63, 3.8) is 0 Å². The van der Waals surface area contributed by atoms with E-state index in [-0.39, 0.29) is 23.7 Å². The smallest absolute Gasteiger partial charge is 0.345 e. The molecule has 0 bridgehead atoms. The zero-order valence-corrected chi connectivity index (χ0v) is 13.9. The van der Waals surface area contributed by atoms with Crippen LogP contribution < -0.4 is 10.6 Å². The van der Waals surface area contributed by atoms with E-state index in [4.69, 9.17) is 0 Å². The Morgan fingerprint density at radius 2 is 1.74 bits per heavy atom. The fourth-order valence-corrected chi connectivity index (χ4v) is 2.25. The summed E-state index contributed by atoms with van der Waals surface area (Å²) >= 11 is 0. The first-order valence-corrected chi connectivity index (χ1v) is 7.87. The third-order valence-corrected chi connectivity index (χ3v) is 3.54. The van der Waals surface area contributed by atoms with Crippen LogP contribution in [0, 0.1) is 0 Å². The van der Waals surface area contributed by atoms with Gasteiger partial charge in [-0.25, -0.2) is 9.97 Å². The van der Waals surface area contributed by atoms with Crippen LogP contribution in [0.3, 0.4) is 0 Å². The Kier molecular flexibility index (Phi) is 5.30. The van der Waals surface area contributed by atoms with E-state index in [1.807, 2.05) is 0 Å². The maximum Gasteiger partial charge on any atom is 0.418 e. The summed E-state index contributed by atoms with van der Waals surface area (Å²) in [5, 5.41) is 5.21. The minimum atomic E-state index is -4.50. The van der Waals surface area contributed by atoms with Crippen LogP contribution in [0.5, 0.6) is 0 Å². The largest absolute Gasteiger partial charge is 0.418 e. The predicted molar refractivity (Wildman–Crippen MR) is 92.2 cm³/mol. The van der Waals surface area contributed by atoms with Crippen molar-refractivity contribution in [2.75, 3.05) is 5.32 Å². The molecule has 0 aliphatic rings.